The molecule has 0 saturated carbocycles. The van der Waals surface area contributed by atoms with Gasteiger partial charge < -0.3 is 24.6 Å². The van der Waals surface area contributed by atoms with E-state index in [0.717, 1.165) is 24.5 Å². The van der Waals surface area contributed by atoms with Crippen LogP contribution in [0.4, 0.5) is 16.2 Å². The van der Waals surface area contributed by atoms with Gasteiger partial charge in [-0.15, -0.1) is 0 Å². The van der Waals surface area contributed by atoms with Crippen molar-refractivity contribution in [2.75, 3.05) is 55.8 Å². The summed E-state index contributed by atoms with van der Waals surface area (Å²) in [6.45, 7) is 7.26. The van der Waals surface area contributed by atoms with Crippen LogP contribution in [-0.2, 0) is 14.3 Å². The number of anilines is 2. The highest BCUT2D eigenvalue weighted by Crippen LogP contribution is 2.29. The SMILES string of the molecule is CCOC(=O)NCCN(C(C)=O)c1ccccc1N1CCOCC1. The maximum atomic E-state index is 12.1. The van der Waals surface area contributed by atoms with E-state index in [4.69, 9.17) is 9.47 Å². The molecule has 1 saturated heterocycles. The van der Waals surface area contributed by atoms with E-state index < -0.39 is 6.09 Å². The number of benzene rings is 1. The molecule has 0 atom stereocenters. The third-order valence-corrected chi connectivity index (χ3v) is 3.78. The van der Waals surface area contributed by atoms with E-state index in [0.29, 0.717) is 32.9 Å². The highest BCUT2D eigenvalue weighted by Gasteiger charge is 2.20. The van der Waals surface area contributed by atoms with E-state index >= 15 is 0 Å². The number of nitrogens with zero attached hydrogens (tertiary/aromatic N) is 2. The largest absolute Gasteiger partial charge is 0.450 e. The molecule has 1 heterocycles. The van der Waals surface area contributed by atoms with Gasteiger partial charge in [-0.05, 0) is 19.1 Å². The second-order valence-electron chi connectivity index (χ2n) is 5.41. The summed E-state index contributed by atoms with van der Waals surface area (Å²) in [4.78, 5) is 27.4. The van der Waals surface area contributed by atoms with Crippen molar-refractivity contribution in [2.45, 2.75) is 13.8 Å². The van der Waals surface area contributed by atoms with E-state index in [2.05, 4.69) is 10.2 Å². The molecule has 1 aliphatic heterocycles. The lowest BCUT2D eigenvalue weighted by atomic mass is 10.2. The van der Waals surface area contributed by atoms with Crippen molar-refractivity contribution < 1.29 is 19.1 Å². The summed E-state index contributed by atoms with van der Waals surface area (Å²) in [6, 6.07) is 7.81. The number of hydrogen-bond acceptors (Lipinski definition) is 5. The predicted octanol–water partition coefficient (Wildman–Crippen LogP) is 1.62. The smallest absolute Gasteiger partial charge is 0.407 e. The van der Waals surface area contributed by atoms with Crippen molar-refractivity contribution in [3.63, 3.8) is 0 Å². The number of alkyl carbamates (subject to hydrolysis) is 1. The fourth-order valence-corrected chi connectivity index (χ4v) is 2.66. The van der Waals surface area contributed by atoms with Gasteiger partial charge in [0.2, 0.25) is 5.91 Å². The molecule has 1 N–H and O–H groups in total. The van der Waals surface area contributed by atoms with Crippen LogP contribution in [0.3, 0.4) is 0 Å². The maximum Gasteiger partial charge on any atom is 0.407 e. The van der Waals surface area contributed by atoms with Crippen molar-refractivity contribution in [3.8, 4) is 0 Å². The average molecular weight is 335 g/mol. The van der Waals surface area contributed by atoms with Crippen molar-refractivity contribution >= 4 is 23.4 Å². The first-order valence-electron chi connectivity index (χ1n) is 8.24. The summed E-state index contributed by atoms with van der Waals surface area (Å²) >= 11 is 0. The number of carbonyl (C=O) groups excluding carboxylic acids is 2. The van der Waals surface area contributed by atoms with Crippen molar-refractivity contribution in [3.05, 3.63) is 24.3 Å². The highest BCUT2D eigenvalue weighted by molar-refractivity contribution is 5.95. The van der Waals surface area contributed by atoms with Gasteiger partial charge in [-0.1, -0.05) is 12.1 Å². The van der Waals surface area contributed by atoms with Crippen LogP contribution in [0, 0.1) is 0 Å². The molecule has 2 rings (SSSR count). The lowest BCUT2D eigenvalue weighted by molar-refractivity contribution is -0.116. The van der Waals surface area contributed by atoms with Crippen molar-refractivity contribution in [1.29, 1.82) is 0 Å². The van der Waals surface area contributed by atoms with Gasteiger partial charge in [-0.25, -0.2) is 4.79 Å². The Morgan fingerprint density at radius 1 is 1.29 bits per heavy atom. The predicted molar refractivity (Wildman–Crippen MR) is 92.5 cm³/mol. The molecular formula is C17H25N3O4. The van der Waals surface area contributed by atoms with Gasteiger partial charge >= 0.3 is 6.09 Å². The standard InChI is InChI=1S/C17H25N3O4/c1-3-24-17(22)18-8-9-20(14(2)21)16-7-5-4-6-15(16)19-10-12-23-13-11-19/h4-7H,3,8-13H2,1-2H3,(H,18,22). The normalized spacial score (nSPS) is 14.2. The fraction of sp³-hybridized carbons (Fsp3) is 0.529. The molecule has 0 bridgehead atoms. The minimum absolute atomic E-state index is 0.0682. The molecule has 7 heteroatoms. The molecule has 1 aromatic carbocycles. The van der Waals surface area contributed by atoms with E-state index in [1.165, 1.54) is 6.92 Å². The Morgan fingerprint density at radius 2 is 2.00 bits per heavy atom. The molecular weight excluding hydrogens is 310 g/mol. The van der Waals surface area contributed by atoms with E-state index in [9.17, 15) is 9.59 Å². The molecule has 1 fully saturated rings. The molecule has 0 unspecified atom stereocenters. The number of hydrogen-bond donors (Lipinski definition) is 1. The zero-order valence-corrected chi connectivity index (χ0v) is 14.3. The minimum Gasteiger partial charge on any atom is -0.450 e. The molecule has 0 aliphatic carbocycles. The van der Waals surface area contributed by atoms with Gasteiger partial charge in [0, 0.05) is 33.1 Å². The Hall–Kier alpha value is -2.28. The maximum absolute atomic E-state index is 12.1. The van der Waals surface area contributed by atoms with Gasteiger partial charge in [0.05, 0.1) is 31.2 Å². The molecule has 0 radical (unpaired) electrons. The number of para-hydroxylation sites is 2. The van der Waals surface area contributed by atoms with E-state index in [-0.39, 0.29) is 5.91 Å². The van der Waals surface area contributed by atoms with Gasteiger partial charge in [0.15, 0.2) is 0 Å². The van der Waals surface area contributed by atoms with E-state index in [1.807, 2.05) is 24.3 Å². The Labute approximate surface area is 142 Å². The molecule has 1 aliphatic rings. The average Bonchev–Trinajstić information content (AvgIpc) is 2.59. The molecule has 0 spiro atoms. The summed E-state index contributed by atoms with van der Waals surface area (Å²) in [5, 5.41) is 2.65. The topological polar surface area (TPSA) is 71.1 Å². The summed E-state index contributed by atoms with van der Waals surface area (Å²) in [6.07, 6.45) is -0.470. The summed E-state index contributed by atoms with van der Waals surface area (Å²) in [7, 11) is 0. The first-order valence-corrected chi connectivity index (χ1v) is 8.24. The first-order chi connectivity index (χ1) is 11.6. The third kappa shape index (κ3) is 4.86. The molecule has 2 amide bonds. The number of amides is 2. The van der Waals surface area contributed by atoms with Gasteiger partial charge in [0.25, 0.3) is 0 Å². The molecule has 0 aromatic heterocycles. The number of rotatable bonds is 6. The second-order valence-corrected chi connectivity index (χ2v) is 5.41. The molecule has 1 aromatic rings. The monoisotopic (exact) mass is 335 g/mol. The zero-order chi connectivity index (χ0) is 17.4. The minimum atomic E-state index is -0.470. The lowest BCUT2D eigenvalue weighted by Gasteiger charge is -2.33. The highest BCUT2D eigenvalue weighted by atomic mass is 16.5. The van der Waals surface area contributed by atoms with E-state index in [1.54, 1.807) is 11.8 Å². The van der Waals surface area contributed by atoms with Gasteiger partial charge in [-0.3, -0.25) is 4.79 Å². The van der Waals surface area contributed by atoms with Crippen LogP contribution in [-0.4, -0.2) is 58.0 Å². The summed E-state index contributed by atoms with van der Waals surface area (Å²) in [5.41, 5.74) is 1.85. The quantitative estimate of drug-likeness (QED) is 0.855. The van der Waals surface area contributed by atoms with Crippen LogP contribution >= 0.6 is 0 Å². The summed E-state index contributed by atoms with van der Waals surface area (Å²) in [5.74, 6) is -0.0682. The Morgan fingerprint density at radius 3 is 2.67 bits per heavy atom. The fourth-order valence-electron chi connectivity index (χ4n) is 2.66. The number of morpholine rings is 1. The van der Waals surface area contributed by atoms with Gasteiger partial charge in [0.1, 0.15) is 0 Å². The molecule has 24 heavy (non-hydrogen) atoms. The Kier molecular flexibility index (Phi) is 6.87. The Balaban J connectivity index is 2.09. The van der Waals surface area contributed by atoms with Crippen LogP contribution in [0.25, 0.3) is 0 Å². The number of carbonyl (C=O) groups is 2. The number of nitrogens with one attached hydrogen (secondary N) is 1. The van der Waals surface area contributed by atoms with Crippen LogP contribution < -0.4 is 15.1 Å². The van der Waals surface area contributed by atoms with Crippen molar-refractivity contribution in [2.24, 2.45) is 0 Å². The van der Waals surface area contributed by atoms with Gasteiger partial charge in [-0.2, -0.15) is 0 Å². The molecule has 132 valence electrons. The van der Waals surface area contributed by atoms with Crippen molar-refractivity contribution in [1.82, 2.24) is 5.32 Å². The third-order valence-electron chi connectivity index (χ3n) is 3.78. The number of ether oxygens (including phenoxy) is 2. The zero-order valence-electron chi connectivity index (χ0n) is 14.3. The summed E-state index contributed by atoms with van der Waals surface area (Å²) < 4.78 is 10.2. The lowest BCUT2D eigenvalue weighted by Crippen LogP contribution is -2.40. The van der Waals surface area contributed by atoms with Crippen LogP contribution in [0.15, 0.2) is 24.3 Å². The Bertz CT molecular complexity index is 559. The second kappa shape index (κ2) is 9.12. The van der Waals surface area contributed by atoms with Crippen LogP contribution in [0.1, 0.15) is 13.8 Å². The first kappa shape index (κ1) is 18.1. The van der Waals surface area contributed by atoms with Crippen LogP contribution in [0.2, 0.25) is 0 Å². The molecule has 7 nitrogen and oxygen atoms in total. The van der Waals surface area contributed by atoms with Crippen LogP contribution in [0.5, 0.6) is 0 Å².